The van der Waals surface area contributed by atoms with Gasteiger partial charge in [-0.2, -0.15) is 0 Å². The third kappa shape index (κ3) is 3.16. The van der Waals surface area contributed by atoms with Gasteiger partial charge in [0.15, 0.2) is 0 Å². The van der Waals surface area contributed by atoms with Crippen LogP contribution < -0.4 is 4.74 Å². The Bertz CT molecular complexity index is 589. The molecule has 0 bridgehead atoms. The first-order valence-electron chi connectivity index (χ1n) is 5.53. The van der Waals surface area contributed by atoms with Crippen molar-refractivity contribution < 1.29 is 24.9 Å². The number of hydrogen-bond acceptors (Lipinski definition) is 4. The summed E-state index contributed by atoms with van der Waals surface area (Å²) in [5, 5.41) is 27.4. The molecule has 0 fully saturated rings. The van der Waals surface area contributed by atoms with Crippen molar-refractivity contribution in [3.8, 4) is 17.2 Å². The normalized spacial score (nSPS) is 10.1. The van der Waals surface area contributed by atoms with Crippen molar-refractivity contribution in [3.05, 3.63) is 53.6 Å². The molecule has 3 N–H and O–H groups in total. The number of hydrogen-bond donors (Lipinski definition) is 3. The Morgan fingerprint density at radius 2 is 1.74 bits per heavy atom. The van der Waals surface area contributed by atoms with Crippen molar-refractivity contribution in [1.29, 1.82) is 0 Å². The third-order valence-corrected chi connectivity index (χ3v) is 2.54. The average molecular weight is 260 g/mol. The lowest BCUT2D eigenvalue weighted by molar-refractivity contribution is 0.0693. The van der Waals surface area contributed by atoms with Gasteiger partial charge in [-0.15, -0.1) is 0 Å². The van der Waals surface area contributed by atoms with Gasteiger partial charge in [-0.1, -0.05) is 12.1 Å². The molecule has 0 aliphatic rings. The van der Waals surface area contributed by atoms with E-state index in [-0.39, 0.29) is 23.7 Å². The molecule has 0 saturated carbocycles. The van der Waals surface area contributed by atoms with Crippen LogP contribution in [0.15, 0.2) is 42.5 Å². The molecule has 0 unspecified atom stereocenters. The van der Waals surface area contributed by atoms with Crippen molar-refractivity contribution in [2.75, 3.05) is 0 Å². The molecule has 2 rings (SSSR count). The maximum Gasteiger partial charge on any atom is 0.339 e. The van der Waals surface area contributed by atoms with Crippen molar-refractivity contribution in [2.45, 2.75) is 6.61 Å². The lowest BCUT2D eigenvalue weighted by Gasteiger charge is -2.08. The van der Waals surface area contributed by atoms with Crippen LogP contribution in [0.25, 0.3) is 0 Å². The zero-order valence-corrected chi connectivity index (χ0v) is 9.91. The van der Waals surface area contributed by atoms with Crippen molar-refractivity contribution in [2.24, 2.45) is 0 Å². The molecule has 0 atom stereocenters. The molecule has 98 valence electrons. The number of carboxylic acids is 1. The van der Waals surface area contributed by atoms with Gasteiger partial charge < -0.3 is 20.1 Å². The Labute approximate surface area is 109 Å². The molecule has 2 aromatic carbocycles. The van der Waals surface area contributed by atoms with Gasteiger partial charge in [0.05, 0.1) is 0 Å². The summed E-state index contributed by atoms with van der Waals surface area (Å²) in [6.07, 6.45) is 0. The third-order valence-electron chi connectivity index (χ3n) is 2.54. The molecule has 5 heteroatoms. The number of carboxylic acid groups (broad SMARTS) is 1. The summed E-state index contributed by atoms with van der Waals surface area (Å²) in [5.74, 6) is -0.998. The Morgan fingerprint density at radius 1 is 1.05 bits per heavy atom. The van der Waals surface area contributed by atoms with Gasteiger partial charge in [-0.3, -0.25) is 0 Å². The smallest absolute Gasteiger partial charge is 0.339 e. The molecule has 0 saturated heterocycles. The summed E-state index contributed by atoms with van der Waals surface area (Å²) in [4.78, 5) is 10.8. The Morgan fingerprint density at radius 3 is 2.37 bits per heavy atom. The van der Waals surface area contributed by atoms with E-state index in [1.807, 2.05) is 0 Å². The predicted molar refractivity (Wildman–Crippen MR) is 67.5 cm³/mol. The summed E-state index contributed by atoms with van der Waals surface area (Å²) < 4.78 is 5.42. The minimum absolute atomic E-state index is 0.168. The number of carbonyl (C=O) groups is 1. The summed E-state index contributed by atoms with van der Waals surface area (Å²) in [6, 6.07) is 10.5. The first kappa shape index (κ1) is 12.8. The lowest BCUT2D eigenvalue weighted by atomic mass is 10.2. The number of phenolic OH excluding ortho intramolecular Hbond substituents is 1. The van der Waals surface area contributed by atoms with Crippen LogP contribution in [-0.2, 0) is 6.61 Å². The Balaban J connectivity index is 2.09. The number of aromatic hydroxyl groups is 2. The second-order valence-corrected chi connectivity index (χ2v) is 3.94. The van der Waals surface area contributed by atoms with Crippen molar-refractivity contribution >= 4 is 5.97 Å². The van der Waals surface area contributed by atoms with Crippen molar-refractivity contribution in [3.63, 3.8) is 0 Å². The molecule has 0 aromatic heterocycles. The first-order chi connectivity index (χ1) is 9.06. The molecule has 0 aliphatic carbocycles. The standard InChI is InChI=1S/C14H12O5/c15-10-3-1-9(2-4-10)8-19-11-5-6-13(16)12(7-11)14(17)18/h1-7,15-16H,8H2,(H,17,18). The fraction of sp³-hybridized carbons (Fsp3) is 0.0714. The fourth-order valence-electron chi connectivity index (χ4n) is 1.54. The average Bonchev–Trinajstić information content (AvgIpc) is 2.39. The van der Waals surface area contributed by atoms with E-state index in [2.05, 4.69) is 0 Å². The van der Waals surface area contributed by atoms with Crippen LogP contribution >= 0.6 is 0 Å². The molecule has 19 heavy (non-hydrogen) atoms. The number of benzene rings is 2. The van der Waals surface area contributed by atoms with Gasteiger partial charge in [0.1, 0.15) is 29.4 Å². The highest BCUT2D eigenvalue weighted by molar-refractivity contribution is 5.91. The zero-order valence-electron chi connectivity index (χ0n) is 9.91. The largest absolute Gasteiger partial charge is 0.508 e. The highest BCUT2D eigenvalue weighted by Gasteiger charge is 2.10. The number of phenols is 2. The van der Waals surface area contributed by atoms with E-state index in [4.69, 9.17) is 14.9 Å². The number of ether oxygens (including phenoxy) is 1. The van der Waals surface area contributed by atoms with Gasteiger partial charge in [0.2, 0.25) is 0 Å². The Hall–Kier alpha value is -2.69. The van der Waals surface area contributed by atoms with E-state index in [0.717, 1.165) is 5.56 Å². The molecule has 0 aliphatic heterocycles. The maximum absolute atomic E-state index is 10.8. The summed E-state index contributed by atoms with van der Waals surface area (Å²) in [7, 11) is 0. The highest BCUT2D eigenvalue weighted by atomic mass is 16.5. The van der Waals surface area contributed by atoms with Crippen LogP contribution in [0.1, 0.15) is 15.9 Å². The van der Waals surface area contributed by atoms with Crippen LogP contribution in [0, 0.1) is 0 Å². The molecule has 5 nitrogen and oxygen atoms in total. The lowest BCUT2D eigenvalue weighted by Crippen LogP contribution is -1.99. The summed E-state index contributed by atoms with van der Waals surface area (Å²) in [5.41, 5.74) is 0.631. The van der Waals surface area contributed by atoms with E-state index in [9.17, 15) is 9.90 Å². The monoisotopic (exact) mass is 260 g/mol. The second-order valence-electron chi connectivity index (χ2n) is 3.94. The van der Waals surface area contributed by atoms with Crippen LogP contribution in [0.3, 0.4) is 0 Å². The SMILES string of the molecule is O=C(O)c1cc(OCc2ccc(O)cc2)ccc1O. The fourth-order valence-corrected chi connectivity index (χ4v) is 1.54. The van der Waals surface area contributed by atoms with Gasteiger partial charge in [-0.05, 0) is 35.9 Å². The van der Waals surface area contributed by atoms with E-state index >= 15 is 0 Å². The molecule has 0 heterocycles. The molecule has 0 spiro atoms. The topological polar surface area (TPSA) is 87.0 Å². The maximum atomic E-state index is 10.8. The molecular formula is C14H12O5. The van der Waals surface area contributed by atoms with E-state index in [0.29, 0.717) is 5.75 Å². The van der Waals surface area contributed by atoms with E-state index in [1.165, 1.54) is 30.3 Å². The van der Waals surface area contributed by atoms with Gasteiger partial charge in [0.25, 0.3) is 0 Å². The molecule has 0 amide bonds. The van der Waals surface area contributed by atoms with Gasteiger partial charge in [-0.25, -0.2) is 4.79 Å². The van der Waals surface area contributed by atoms with Crippen LogP contribution in [0.2, 0.25) is 0 Å². The molecule has 2 aromatic rings. The van der Waals surface area contributed by atoms with Crippen LogP contribution in [0.5, 0.6) is 17.2 Å². The van der Waals surface area contributed by atoms with E-state index in [1.54, 1.807) is 12.1 Å². The van der Waals surface area contributed by atoms with Crippen molar-refractivity contribution in [1.82, 2.24) is 0 Å². The Kier molecular flexibility index (Phi) is 3.56. The molecular weight excluding hydrogens is 248 g/mol. The van der Waals surface area contributed by atoms with E-state index < -0.39 is 5.97 Å². The quantitative estimate of drug-likeness (QED) is 0.785. The van der Waals surface area contributed by atoms with Gasteiger partial charge >= 0.3 is 5.97 Å². The number of rotatable bonds is 4. The van der Waals surface area contributed by atoms with Crippen LogP contribution in [0.4, 0.5) is 0 Å². The van der Waals surface area contributed by atoms with Gasteiger partial charge in [0, 0.05) is 0 Å². The second kappa shape index (κ2) is 5.30. The highest BCUT2D eigenvalue weighted by Crippen LogP contribution is 2.23. The van der Waals surface area contributed by atoms with Crippen LogP contribution in [-0.4, -0.2) is 21.3 Å². The summed E-state index contributed by atoms with van der Waals surface area (Å²) >= 11 is 0. The first-order valence-corrected chi connectivity index (χ1v) is 5.53. The minimum atomic E-state index is -1.22. The predicted octanol–water partition coefficient (Wildman–Crippen LogP) is 2.38. The zero-order chi connectivity index (χ0) is 13.8. The minimum Gasteiger partial charge on any atom is -0.508 e. The summed E-state index contributed by atoms with van der Waals surface area (Å²) in [6.45, 7) is 0.240. The molecule has 0 radical (unpaired) electrons. The number of aromatic carboxylic acids is 1.